The first-order valence-corrected chi connectivity index (χ1v) is 5.56. The van der Waals surface area contributed by atoms with Gasteiger partial charge in [-0.15, -0.1) is 0 Å². The molecule has 0 aromatic carbocycles. The lowest BCUT2D eigenvalue weighted by Gasteiger charge is -1.94. The van der Waals surface area contributed by atoms with Crippen LogP contribution in [0.5, 0.6) is 0 Å². The molecule has 9 heteroatoms. The highest BCUT2D eigenvalue weighted by molar-refractivity contribution is 6.61. The molecule has 0 fully saturated rings. The Labute approximate surface area is 127 Å². The second-order valence-electron chi connectivity index (χ2n) is 2.37. The van der Waals surface area contributed by atoms with Crippen molar-refractivity contribution in [3.63, 3.8) is 0 Å². The van der Waals surface area contributed by atoms with E-state index in [2.05, 4.69) is 49.5 Å². The molecule has 0 unspecified atom stereocenters. The van der Waals surface area contributed by atoms with Crippen molar-refractivity contribution in [2.75, 3.05) is 40.6 Å². The minimum absolute atomic E-state index is 0.0484. The molecule has 0 saturated heterocycles. The lowest BCUT2D eigenvalue weighted by molar-refractivity contribution is 0.0832. The maximum atomic E-state index is 10.2. The van der Waals surface area contributed by atoms with E-state index >= 15 is 0 Å². The fourth-order valence-corrected chi connectivity index (χ4v) is 0.373. The molecule has 0 aromatic heterocycles. The molecular weight excluding hydrogens is 308 g/mol. The molecule has 0 rings (SSSR count). The van der Waals surface area contributed by atoms with Crippen LogP contribution in [-0.4, -0.2) is 67.6 Å². The maximum absolute atomic E-state index is 10.2. The molecule has 0 atom stereocenters. The third-order valence-corrected chi connectivity index (χ3v) is 1.23. The van der Waals surface area contributed by atoms with Crippen molar-refractivity contribution in [3.05, 3.63) is 0 Å². The zero-order chi connectivity index (χ0) is 16.9. The van der Waals surface area contributed by atoms with Gasteiger partial charge in [0.15, 0.2) is 6.61 Å². The number of methoxy groups -OCH3 is 2. The number of hydrogen-bond acceptors (Lipinski definition) is 8. The third kappa shape index (κ3) is 38.1. The van der Waals surface area contributed by atoms with Gasteiger partial charge in [0, 0.05) is 11.6 Å². The number of hydrogen-bond donors (Lipinski definition) is 3. The average molecular weight is 325 g/mol. The number of carbonyl (C=O) groups excluding carboxylic acids is 2. The SMILES string of the molecule is COC(=O)Cl.COC(=O)OCC#CCO.OCC#CCO. The fourth-order valence-electron chi connectivity index (χ4n) is 0.373. The lowest BCUT2D eigenvalue weighted by atomic mass is 10.6. The lowest BCUT2D eigenvalue weighted by Crippen LogP contribution is -2.03. The minimum Gasteiger partial charge on any atom is -0.457 e. The van der Waals surface area contributed by atoms with Gasteiger partial charge in [0.05, 0.1) is 14.2 Å². The number of rotatable bonds is 1. The zero-order valence-corrected chi connectivity index (χ0v) is 12.3. The number of aliphatic hydroxyl groups is 3. The summed E-state index contributed by atoms with van der Waals surface area (Å²) in [6.45, 7) is -0.612. The molecule has 0 amide bonds. The summed E-state index contributed by atoms with van der Waals surface area (Å²) in [7, 11) is 2.43. The van der Waals surface area contributed by atoms with Crippen molar-refractivity contribution in [1.82, 2.24) is 0 Å². The molecule has 120 valence electrons. The summed E-state index contributed by atoms with van der Waals surface area (Å²) in [6, 6.07) is 0. The fraction of sp³-hybridized carbons (Fsp3) is 0.500. The summed E-state index contributed by atoms with van der Waals surface area (Å²) in [5.41, 5.74) is -0.773. The second kappa shape index (κ2) is 23.1. The summed E-state index contributed by atoms with van der Waals surface area (Å²) in [5.74, 6) is 9.18. The van der Waals surface area contributed by atoms with E-state index < -0.39 is 11.6 Å². The first kappa shape index (κ1) is 24.1. The Kier molecular flexibility index (Phi) is 26.5. The Morgan fingerprint density at radius 2 is 1.29 bits per heavy atom. The van der Waals surface area contributed by atoms with E-state index in [0.29, 0.717) is 0 Å². The molecule has 0 aliphatic heterocycles. The Balaban J connectivity index is -0.000000252. The number of aliphatic hydroxyl groups excluding tert-OH is 3. The quantitative estimate of drug-likeness (QED) is 0.342. The van der Waals surface area contributed by atoms with Crippen LogP contribution in [0.3, 0.4) is 0 Å². The summed E-state index contributed by atoms with van der Waals surface area (Å²) in [6.07, 6.45) is -0.771. The van der Waals surface area contributed by atoms with Crippen LogP contribution in [0.2, 0.25) is 0 Å². The van der Waals surface area contributed by atoms with Gasteiger partial charge in [0.2, 0.25) is 0 Å². The highest BCUT2D eigenvalue weighted by atomic mass is 35.5. The van der Waals surface area contributed by atoms with E-state index in [1.807, 2.05) is 0 Å². The van der Waals surface area contributed by atoms with Crippen molar-refractivity contribution < 1.29 is 39.1 Å². The molecule has 8 nitrogen and oxygen atoms in total. The van der Waals surface area contributed by atoms with Crippen LogP contribution in [-0.2, 0) is 14.2 Å². The normalized spacial score (nSPS) is 6.95. The predicted molar refractivity (Wildman–Crippen MR) is 73.4 cm³/mol. The summed E-state index contributed by atoms with van der Waals surface area (Å²) in [5, 5.41) is 24.0. The summed E-state index contributed by atoms with van der Waals surface area (Å²) >= 11 is 4.60. The second-order valence-corrected chi connectivity index (χ2v) is 2.67. The molecule has 0 bridgehead atoms. The average Bonchev–Trinajstić information content (AvgIpc) is 2.50. The van der Waals surface area contributed by atoms with E-state index in [-0.39, 0.29) is 26.4 Å². The first-order chi connectivity index (χ1) is 9.99. The van der Waals surface area contributed by atoms with Gasteiger partial charge in [-0.3, -0.25) is 0 Å². The van der Waals surface area contributed by atoms with E-state index in [1.54, 1.807) is 0 Å². The van der Waals surface area contributed by atoms with Crippen LogP contribution in [0.4, 0.5) is 9.59 Å². The molecule has 21 heavy (non-hydrogen) atoms. The third-order valence-electron chi connectivity index (χ3n) is 1.08. The van der Waals surface area contributed by atoms with Crippen molar-refractivity contribution in [2.45, 2.75) is 0 Å². The molecule has 0 radical (unpaired) electrons. The minimum atomic E-state index is -0.773. The molecular formula is C12H17ClO8. The number of ether oxygens (including phenoxy) is 3. The molecule has 0 aliphatic rings. The van der Waals surface area contributed by atoms with E-state index in [9.17, 15) is 9.59 Å². The molecule has 3 N–H and O–H groups in total. The largest absolute Gasteiger partial charge is 0.508 e. The van der Waals surface area contributed by atoms with Crippen LogP contribution >= 0.6 is 11.6 Å². The van der Waals surface area contributed by atoms with Crippen LogP contribution < -0.4 is 0 Å². The summed E-state index contributed by atoms with van der Waals surface area (Å²) < 4.78 is 12.4. The van der Waals surface area contributed by atoms with Crippen LogP contribution in [0.25, 0.3) is 0 Å². The van der Waals surface area contributed by atoms with Gasteiger partial charge in [-0.25, -0.2) is 9.59 Å². The smallest absolute Gasteiger partial charge is 0.457 e. The van der Waals surface area contributed by atoms with Crippen LogP contribution in [0, 0.1) is 23.7 Å². The monoisotopic (exact) mass is 324 g/mol. The maximum Gasteiger partial charge on any atom is 0.508 e. The van der Waals surface area contributed by atoms with Crippen molar-refractivity contribution in [1.29, 1.82) is 0 Å². The summed E-state index contributed by atoms with van der Waals surface area (Å²) in [4.78, 5) is 19.6. The van der Waals surface area contributed by atoms with Gasteiger partial charge in [-0.2, -0.15) is 0 Å². The van der Waals surface area contributed by atoms with Gasteiger partial charge in [-0.1, -0.05) is 23.7 Å². The van der Waals surface area contributed by atoms with E-state index in [0.717, 1.165) is 0 Å². The van der Waals surface area contributed by atoms with Crippen molar-refractivity contribution in [2.24, 2.45) is 0 Å². The first-order valence-electron chi connectivity index (χ1n) is 5.18. The van der Waals surface area contributed by atoms with E-state index in [1.165, 1.54) is 14.2 Å². The molecule has 0 aliphatic carbocycles. The van der Waals surface area contributed by atoms with E-state index in [4.69, 9.17) is 15.3 Å². The van der Waals surface area contributed by atoms with Crippen LogP contribution in [0.15, 0.2) is 0 Å². The van der Waals surface area contributed by atoms with Gasteiger partial charge >= 0.3 is 11.6 Å². The Bertz CT molecular complexity index is 366. The molecule has 0 aromatic rings. The number of carbonyl (C=O) groups is 2. The standard InChI is InChI=1S/C6H8O4.C4H6O2.C2H3ClO2/c1-9-6(8)10-5-3-2-4-7;5-3-1-2-4-6;1-5-2(3)4/h7H,4-5H2,1H3;5-6H,3-4H2;1H3. The molecule has 0 saturated carbocycles. The van der Waals surface area contributed by atoms with Gasteiger partial charge in [0.25, 0.3) is 0 Å². The molecule has 0 spiro atoms. The molecule has 0 heterocycles. The van der Waals surface area contributed by atoms with Gasteiger partial charge in [0.1, 0.15) is 19.8 Å². The van der Waals surface area contributed by atoms with Crippen molar-refractivity contribution in [3.8, 4) is 23.7 Å². The highest BCUT2D eigenvalue weighted by Crippen LogP contribution is 1.79. The van der Waals surface area contributed by atoms with Crippen molar-refractivity contribution >= 4 is 23.2 Å². The van der Waals surface area contributed by atoms with Crippen LogP contribution in [0.1, 0.15) is 0 Å². The Hall–Kier alpha value is -1.97. The Morgan fingerprint density at radius 1 is 0.905 bits per heavy atom. The zero-order valence-electron chi connectivity index (χ0n) is 11.6. The topological polar surface area (TPSA) is 123 Å². The highest BCUT2D eigenvalue weighted by Gasteiger charge is 1.94. The predicted octanol–water partition coefficient (Wildman–Crippen LogP) is -0.269. The number of halogens is 1. The van der Waals surface area contributed by atoms with Gasteiger partial charge in [-0.05, 0) is 0 Å². The van der Waals surface area contributed by atoms with Gasteiger partial charge < -0.3 is 29.5 Å². The Morgan fingerprint density at radius 3 is 1.57 bits per heavy atom.